The summed E-state index contributed by atoms with van der Waals surface area (Å²) in [6.07, 6.45) is 6.06. The number of aromatic nitrogens is 3. The molecule has 0 saturated heterocycles. The van der Waals surface area contributed by atoms with Gasteiger partial charge in [-0.25, -0.2) is 9.67 Å². The van der Waals surface area contributed by atoms with Gasteiger partial charge in [0.2, 0.25) is 0 Å². The topological polar surface area (TPSA) is 64.2 Å². The first-order valence-electron chi connectivity index (χ1n) is 10.6. The Labute approximate surface area is 170 Å². The average Bonchev–Trinajstić information content (AvgIpc) is 3.60. The molecule has 0 atom stereocenters. The van der Waals surface area contributed by atoms with E-state index in [0.717, 1.165) is 59.4 Å². The molecule has 0 bridgehead atoms. The van der Waals surface area contributed by atoms with Crippen molar-refractivity contribution in [3.63, 3.8) is 0 Å². The SMILES string of the molecule is Cc1nn(C(C)(C)C)c2nc(C3CC3)cc(C(=O)N(Cc3ccco3)C3CC3)c12. The van der Waals surface area contributed by atoms with Crippen molar-refractivity contribution in [1.29, 1.82) is 0 Å². The molecular weight excluding hydrogens is 364 g/mol. The van der Waals surface area contributed by atoms with Crippen molar-refractivity contribution in [2.45, 2.75) is 77.4 Å². The molecule has 5 rings (SSSR count). The van der Waals surface area contributed by atoms with E-state index in [-0.39, 0.29) is 17.5 Å². The minimum atomic E-state index is -0.202. The van der Waals surface area contributed by atoms with E-state index in [4.69, 9.17) is 14.5 Å². The van der Waals surface area contributed by atoms with Gasteiger partial charge < -0.3 is 9.32 Å². The summed E-state index contributed by atoms with van der Waals surface area (Å²) in [6, 6.07) is 6.13. The van der Waals surface area contributed by atoms with Crippen LogP contribution in [0.15, 0.2) is 28.9 Å². The number of fused-ring (bicyclic) bond motifs is 1. The maximum absolute atomic E-state index is 13.8. The van der Waals surface area contributed by atoms with Crippen LogP contribution in [0.1, 0.15) is 79.9 Å². The number of furan rings is 1. The Morgan fingerprint density at radius 2 is 2.03 bits per heavy atom. The Balaban J connectivity index is 1.64. The second-order valence-electron chi connectivity index (χ2n) is 9.48. The van der Waals surface area contributed by atoms with Crippen molar-refractivity contribution < 1.29 is 9.21 Å². The number of carbonyl (C=O) groups is 1. The first kappa shape index (κ1) is 18.4. The van der Waals surface area contributed by atoms with Crippen LogP contribution in [0, 0.1) is 6.92 Å². The summed E-state index contributed by atoms with van der Waals surface area (Å²) in [5, 5.41) is 5.67. The van der Waals surface area contributed by atoms with E-state index in [0.29, 0.717) is 12.5 Å². The number of carbonyl (C=O) groups excluding carboxylic acids is 1. The Hall–Kier alpha value is -2.63. The van der Waals surface area contributed by atoms with Gasteiger partial charge in [-0.2, -0.15) is 5.10 Å². The standard InChI is InChI=1S/C23H28N4O2/c1-14-20-18(22(28)26(16-9-10-16)13-17-6-5-11-29-17)12-19(15-7-8-15)24-21(20)27(25-14)23(2,3)4/h5-6,11-12,15-16H,7-10,13H2,1-4H3. The molecule has 1 amide bonds. The fraction of sp³-hybridized carbons (Fsp3) is 0.522. The van der Waals surface area contributed by atoms with Crippen LogP contribution in [-0.2, 0) is 12.1 Å². The van der Waals surface area contributed by atoms with Gasteiger partial charge in [0.25, 0.3) is 5.91 Å². The van der Waals surface area contributed by atoms with E-state index in [1.807, 2.05) is 34.7 Å². The molecule has 6 heteroatoms. The van der Waals surface area contributed by atoms with E-state index < -0.39 is 0 Å². The summed E-state index contributed by atoms with van der Waals surface area (Å²) >= 11 is 0. The normalized spacial score (nSPS) is 17.1. The smallest absolute Gasteiger partial charge is 0.255 e. The first-order valence-corrected chi connectivity index (χ1v) is 10.6. The number of nitrogens with zero attached hydrogens (tertiary/aromatic N) is 4. The fourth-order valence-corrected chi connectivity index (χ4v) is 4.01. The number of pyridine rings is 1. The van der Waals surface area contributed by atoms with E-state index in [1.165, 1.54) is 0 Å². The van der Waals surface area contributed by atoms with Crippen LogP contribution in [0.3, 0.4) is 0 Å². The summed E-state index contributed by atoms with van der Waals surface area (Å²) in [5.74, 6) is 1.35. The van der Waals surface area contributed by atoms with Gasteiger partial charge in [0.1, 0.15) is 5.76 Å². The number of hydrogen-bond donors (Lipinski definition) is 0. The Morgan fingerprint density at radius 3 is 2.62 bits per heavy atom. The summed E-state index contributed by atoms with van der Waals surface area (Å²) in [4.78, 5) is 20.7. The van der Waals surface area contributed by atoms with Crippen LogP contribution in [0.2, 0.25) is 0 Å². The largest absolute Gasteiger partial charge is 0.467 e. The Bertz CT molecular complexity index is 1070. The minimum absolute atomic E-state index is 0.0646. The third kappa shape index (κ3) is 3.34. The zero-order chi connectivity index (χ0) is 20.3. The molecule has 0 aliphatic heterocycles. The summed E-state index contributed by atoms with van der Waals surface area (Å²) in [7, 11) is 0. The highest BCUT2D eigenvalue weighted by Crippen LogP contribution is 2.41. The lowest BCUT2D eigenvalue weighted by atomic mass is 10.1. The zero-order valence-corrected chi connectivity index (χ0v) is 17.6. The molecule has 29 heavy (non-hydrogen) atoms. The van der Waals surface area contributed by atoms with Crippen LogP contribution in [-0.4, -0.2) is 31.6 Å². The number of aryl methyl sites for hydroxylation is 1. The van der Waals surface area contributed by atoms with Gasteiger partial charge in [0.05, 0.1) is 35.0 Å². The van der Waals surface area contributed by atoms with Crippen LogP contribution in [0.4, 0.5) is 0 Å². The van der Waals surface area contributed by atoms with Crippen LogP contribution in [0.25, 0.3) is 11.0 Å². The van der Waals surface area contributed by atoms with Crippen LogP contribution < -0.4 is 0 Å². The van der Waals surface area contributed by atoms with Gasteiger partial charge >= 0.3 is 0 Å². The molecule has 0 N–H and O–H groups in total. The van der Waals surface area contributed by atoms with Crippen molar-refractivity contribution in [3.8, 4) is 0 Å². The molecule has 0 unspecified atom stereocenters. The summed E-state index contributed by atoms with van der Waals surface area (Å²) in [5.41, 5.74) is 3.26. The lowest BCUT2D eigenvalue weighted by Gasteiger charge is -2.23. The van der Waals surface area contributed by atoms with Crippen molar-refractivity contribution in [3.05, 3.63) is 47.2 Å². The third-order valence-corrected chi connectivity index (χ3v) is 5.85. The maximum Gasteiger partial charge on any atom is 0.255 e. The predicted octanol–water partition coefficient (Wildman–Crippen LogP) is 4.77. The molecule has 3 heterocycles. The minimum Gasteiger partial charge on any atom is -0.467 e. The van der Waals surface area contributed by atoms with Gasteiger partial charge in [-0.1, -0.05) is 0 Å². The molecule has 2 aliphatic rings. The van der Waals surface area contributed by atoms with Gasteiger partial charge in [-0.3, -0.25) is 4.79 Å². The lowest BCUT2D eigenvalue weighted by Crippen LogP contribution is -2.33. The molecule has 0 radical (unpaired) electrons. The van der Waals surface area contributed by atoms with Crippen molar-refractivity contribution in [2.75, 3.05) is 0 Å². The maximum atomic E-state index is 13.8. The molecule has 3 aromatic heterocycles. The molecule has 0 spiro atoms. The molecule has 0 aromatic carbocycles. The fourth-order valence-electron chi connectivity index (χ4n) is 4.01. The number of rotatable bonds is 5. The van der Waals surface area contributed by atoms with E-state index in [1.54, 1.807) is 6.26 Å². The Kier molecular flexibility index (Phi) is 4.09. The van der Waals surface area contributed by atoms with Crippen molar-refractivity contribution >= 4 is 16.9 Å². The van der Waals surface area contributed by atoms with E-state index >= 15 is 0 Å². The number of amides is 1. The quantitative estimate of drug-likeness (QED) is 0.627. The second-order valence-corrected chi connectivity index (χ2v) is 9.48. The molecule has 152 valence electrons. The highest BCUT2D eigenvalue weighted by Gasteiger charge is 2.36. The highest BCUT2D eigenvalue weighted by molar-refractivity contribution is 6.06. The third-order valence-electron chi connectivity index (χ3n) is 5.85. The van der Waals surface area contributed by atoms with E-state index in [9.17, 15) is 4.79 Å². The number of hydrogen-bond acceptors (Lipinski definition) is 4. The molecule has 2 saturated carbocycles. The summed E-state index contributed by atoms with van der Waals surface area (Å²) in [6.45, 7) is 8.86. The molecule has 6 nitrogen and oxygen atoms in total. The van der Waals surface area contributed by atoms with Gasteiger partial charge in [0, 0.05) is 17.7 Å². The van der Waals surface area contributed by atoms with Crippen LogP contribution >= 0.6 is 0 Å². The average molecular weight is 393 g/mol. The first-order chi connectivity index (χ1) is 13.8. The van der Waals surface area contributed by atoms with Crippen LogP contribution in [0.5, 0.6) is 0 Å². The predicted molar refractivity (Wildman–Crippen MR) is 111 cm³/mol. The van der Waals surface area contributed by atoms with Gasteiger partial charge in [-0.05, 0) is 71.6 Å². The lowest BCUT2D eigenvalue weighted by molar-refractivity contribution is 0.0719. The zero-order valence-electron chi connectivity index (χ0n) is 17.6. The molecular formula is C23H28N4O2. The summed E-state index contributed by atoms with van der Waals surface area (Å²) < 4.78 is 7.52. The van der Waals surface area contributed by atoms with Gasteiger partial charge in [0.15, 0.2) is 5.65 Å². The van der Waals surface area contributed by atoms with Crippen molar-refractivity contribution in [2.24, 2.45) is 0 Å². The monoisotopic (exact) mass is 392 g/mol. The molecule has 2 fully saturated rings. The Morgan fingerprint density at radius 1 is 1.28 bits per heavy atom. The van der Waals surface area contributed by atoms with Gasteiger partial charge in [-0.15, -0.1) is 0 Å². The second kappa shape index (κ2) is 6.44. The molecule has 3 aromatic rings. The van der Waals surface area contributed by atoms with E-state index in [2.05, 4.69) is 20.8 Å². The van der Waals surface area contributed by atoms with Crippen molar-refractivity contribution in [1.82, 2.24) is 19.7 Å². The molecule has 2 aliphatic carbocycles. The highest BCUT2D eigenvalue weighted by atomic mass is 16.3.